The number of carbonyl (C=O) groups is 2. The molecule has 7 nitrogen and oxygen atoms in total. The van der Waals surface area contributed by atoms with Crippen molar-refractivity contribution in [1.29, 1.82) is 0 Å². The predicted octanol–water partition coefficient (Wildman–Crippen LogP) is 1.11. The first kappa shape index (κ1) is 16.8. The quantitative estimate of drug-likeness (QED) is 0.825. The first-order valence-electron chi connectivity index (χ1n) is 8.52. The molecular formula is C17H24N4O3. The fraction of sp³-hybridized carbons (Fsp3) is 0.647. The van der Waals surface area contributed by atoms with Crippen LogP contribution in [0.5, 0.6) is 0 Å². The molecule has 3 rings (SSSR count). The van der Waals surface area contributed by atoms with Gasteiger partial charge in [0, 0.05) is 33.2 Å². The summed E-state index contributed by atoms with van der Waals surface area (Å²) in [7, 11) is 1.65. The first-order chi connectivity index (χ1) is 11.7. The maximum atomic E-state index is 12.8. The predicted molar refractivity (Wildman–Crippen MR) is 87.3 cm³/mol. The smallest absolute Gasteiger partial charge is 0.255 e. The maximum absolute atomic E-state index is 12.8. The molecule has 3 heterocycles. The van der Waals surface area contributed by atoms with Gasteiger partial charge >= 0.3 is 0 Å². The standard InChI is InChI=1S/C17H24N4O3/c1-24-11-10-21-15(22)4-2-6-17(21)7-3-9-20(13-17)16(23)14-5-8-18-19-12-14/h5,8,12H,2-4,6-7,9-11,13H2,1H3/t17-/m1/s1. The highest BCUT2D eigenvalue weighted by Crippen LogP contribution is 2.37. The molecule has 1 aromatic rings. The molecule has 2 aliphatic rings. The van der Waals surface area contributed by atoms with E-state index in [0.717, 1.165) is 32.2 Å². The van der Waals surface area contributed by atoms with Crippen LogP contribution in [0.2, 0.25) is 0 Å². The van der Waals surface area contributed by atoms with Gasteiger partial charge in [-0.2, -0.15) is 10.2 Å². The minimum Gasteiger partial charge on any atom is -0.383 e. The number of methoxy groups -OCH3 is 1. The van der Waals surface area contributed by atoms with Crippen LogP contribution in [0.25, 0.3) is 0 Å². The largest absolute Gasteiger partial charge is 0.383 e. The molecule has 130 valence electrons. The van der Waals surface area contributed by atoms with Gasteiger partial charge in [0.05, 0.1) is 30.1 Å². The number of hydrogen-bond acceptors (Lipinski definition) is 5. The van der Waals surface area contributed by atoms with Crippen molar-refractivity contribution in [2.45, 2.75) is 37.6 Å². The minimum atomic E-state index is -0.248. The van der Waals surface area contributed by atoms with E-state index in [-0.39, 0.29) is 17.4 Å². The van der Waals surface area contributed by atoms with Crippen molar-refractivity contribution in [2.75, 3.05) is 33.4 Å². The third-order valence-corrected chi connectivity index (χ3v) is 5.10. The summed E-state index contributed by atoms with van der Waals surface area (Å²) in [5, 5.41) is 7.52. The average Bonchev–Trinajstić information content (AvgIpc) is 2.62. The molecule has 2 amide bonds. The van der Waals surface area contributed by atoms with Crippen molar-refractivity contribution in [3.8, 4) is 0 Å². The molecule has 0 radical (unpaired) electrons. The Kier molecular flexibility index (Phi) is 5.08. The molecule has 0 unspecified atom stereocenters. The van der Waals surface area contributed by atoms with Crippen molar-refractivity contribution in [3.05, 3.63) is 24.0 Å². The van der Waals surface area contributed by atoms with E-state index in [9.17, 15) is 9.59 Å². The van der Waals surface area contributed by atoms with Crippen LogP contribution in [0.4, 0.5) is 0 Å². The molecule has 7 heteroatoms. The van der Waals surface area contributed by atoms with E-state index in [4.69, 9.17) is 4.74 Å². The van der Waals surface area contributed by atoms with Crippen molar-refractivity contribution in [1.82, 2.24) is 20.0 Å². The van der Waals surface area contributed by atoms with Crippen LogP contribution in [-0.4, -0.2) is 70.7 Å². The van der Waals surface area contributed by atoms with E-state index < -0.39 is 0 Å². The van der Waals surface area contributed by atoms with Gasteiger partial charge in [0.25, 0.3) is 5.91 Å². The first-order valence-corrected chi connectivity index (χ1v) is 8.52. The highest BCUT2D eigenvalue weighted by molar-refractivity contribution is 5.94. The van der Waals surface area contributed by atoms with Crippen molar-refractivity contribution in [3.63, 3.8) is 0 Å². The fourth-order valence-corrected chi connectivity index (χ4v) is 3.96. The lowest BCUT2D eigenvalue weighted by Crippen LogP contribution is -2.63. The van der Waals surface area contributed by atoms with Crippen LogP contribution in [-0.2, 0) is 9.53 Å². The summed E-state index contributed by atoms with van der Waals surface area (Å²) in [4.78, 5) is 29.0. The van der Waals surface area contributed by atoms with Crippen LogP contribution in [0.3, 0.4) is 0 Å². The van der Waals surface area contributed by atoms with Gasteiger partial charge in [-0.1, -0.05) is 0 Å². The van der Waals surface area contributed by atoms with E-state index in [0.29, 0.717) is 31.7 Å². The third-order valence-electron chi connectivity index (χ3n) is 5.10. The van der Waals surface area contributed by atoms with E-state index >= 15 is 0 Å². The topological polar surface area (TPSA) is 75.6 Å². The van der Waals surface area contributed by atoms with E-state index in [1.807, 2.05) is 9.80 Å². The van der Waals surface area contributed by atoms with Crippen LogP contribution >= 0.6 is 0 Å². The van der Waals surface area contributed by atoms with Crippen LogP contribution in [0.1, 0.15) is 42.5 Å². The van der Waals surface area contributed by atoms with Crippen molar-refractivity contribution in [2.24, 2.45) is 0 Å². The summed E-state index contributed by atoms with van der Waals surface area (Å²) in [6.07, 6.45) is 7.30. The van der Waals surface area contributed by atoms with Crippen LogP contribution in [0, 0.1) is 0 Å². The second kappa shape index (κ2) is 7.25. The average molecular weight is 332 g/mol. The summed E-state index contributed by atoms with van der Waals surface area (Å²) in [6.45, 7) is 2.42. The molecule has 1 atom stereocenters. The Bertz CT molecular complexity index is 591. The number of likely N-dealkylation sites (tertiary alicyclic amines) is 2. The number of rotatable bonds is 4. The Morgan fingerprint density at radius 1 is 1.33 bits per heavy atom. The number of piperidine rings is 2. The Morgan fingerprint density at radius 2 is 2.17 bits per heavy atom. The normalized spacial score (nSPS) is 24.5. The molecule has 24 heavy (non-hydrogen) atoms. The Morgan fingerprint density at radius 3 is 2.92 bits per heavy atom. The zero-order valence-electron chi connectivity index (χ0n) is 14.1. The molecule has 2 aliphatic heterocycles. The molecule has 1 aromatic heterocycles. The van der Waals surface area contributed by atoms with Gasteiger partial charge in [0.15, 0.2) is 0 Å². The molecule has 0 N–H and O–H groups in total. The lowest BCUT2D eigenvalue weighted by atomic mass is 9.79. The van der Waals surface area contributed by atoms with Gasteiger partial charge in [-0.15, -0.1) is 0 Å². The molecule has 0 aliphatic carbocycles. The second-order valence-corrected chi connectivity index (χ2v) is 6.58. The molecule has 2 fully saturated rings. The lowest BCUT2D eigenvalue weighted by Gasteiger charge is -2.52. The molecule has 0 aromatic carbocycles. The van der Waals surface area contributed by atoms with E-state index in [2.05, 4.69) is 10.2 Å². The lowest BCUT2D eigenvalue weighted by molar-refractivity contribution is -0.146. The van der Waals surface area contributed by atoms with E-state index in [1.54, 1.807) is 13.2 Å². The fourth-order valence-electron chi connectivity index (χ4n) is 3.96. The Balaban J connectivity index is 1.79. The van der Waals surface area contributed by atoms with Gasteiger partial charge in [0.2, 0.25) is 5.91 Å². The van der Waals surface area contributed by atoms with Gasteiger partial charge in [0.1, 0.15) is 0 Å². The number of hydrogen-bond donors (Lipinski definition) is 0. The van der Waals surface area contributed by atoms with Crippen LogP contribution in [0.15, 0.2) is 18.5 Å². The third kappa shape index (κ3) is 3.26. The number of carbonyl (C=O) groups excluding carboxylic acids is 2. The van der Waals surface area contributed by atoms with Crippen LogP contribution < -0.4 is 0 Å². The van der Waals surface area contributed by atoms with Gasteiger partial charge in [-0.05, 0) is 31.7 Å². The highest BCUT2D eigenvalue weighted by Gasteiger charge is 2.45. The molecule has 1 spiro atoms. The highest BCUT2D eigenvalue weighted by atomic mass is 16.5. The number of ether oxygens (including phenoxy) is 1. The molecule has 0 bridgehead atoms. The van der Waals surface area contributed by atoms with Gasteiger partial charge in [-0.25, -0.2) is 0 Å². The van der Waals surface area contributed by atoms with Crippen molar-refractivity contribution < 1.29 is 14.3 Å². The number of amides is 2. The minimum absolute atomic E-state index is 0.0336. The number of aromatic nitrogens is 2. The summed E-state index contributed by atoms with van der Waals surface area (Å²) in [5.74, 6) is 0.145. The van der Waals surface area contributed by atoms with E-state index in [1.165, 1.54) is 12.4 Å². The van der Waals surface area contributed by atoms with Crippen molar-refractivity contribution >= 4 is 11.8 Å². The Hall–Kier alpha value is -2.02. The van der Waals surface area contributed by atoms with Gasteiger partial charge in [-0.3, -0.25) is 9.59 Å². The molecule has 0 saturated carbocycles. The monoisotopic (exact) mass is 332 g/mol. The summed E-state index contributed by atoms with van der Waals surface area (Å²) in [6, 6.07) is 1.69. The molecule has 2 saturated heterocycles. The Labute approximate surface area is 142 Å². The van der Waals surface area contributed by atoms with Gasteiger partial charge < -0.3 is 14.5 Å². The summed E-state index contributed by atoms with van der Waals surface area (Å²) in [5.41, 5.74) is 0.301. The zero-order chi connectivity index (χ0) is 17.0. The molecular weight excluding hydrogens is 308 g/mol. The maximum Gasteiger partial charge on any atom is 0.255 e. The number of nitrogens with zero attached hydrogens (tertiary/aromatic N) is 4. The second-order valence-electron chi connectivity index (χ2n) is 6.58. The summed E-state index contributed by atoms with van der Waals surface area (Å²) < 4.78 is 5.18. The SMILES string of the molecule is COCCN1C(=O)CCC[C@]12CCCN(C(=O)c1ccnnc1)C2. The summed E-state index contributed by atoms with van der Waals surface area (Å²) >= 11 is 0. The zero-order valence-corrected chi connectivity index (χ0v) is 14.1.